The molecule has 0 bridgehead atoms. The van der Waals surface area contributed by atoms with E-state index in [1.807, 2.05) is 66.7 Å². The van der Waals surface area contributed by atoms with Gasteiger partial charge >= 0.3 is 0 Å². The molecule has 1 N–H and O–H groups in total. The van der Waals surface area contributed by atoms with Crippen LogP contribution in [-0.2, 0) is 12.8 Å². The fourth-order valence-electron chi connectivity index (χ4n) is 4.74. The summed E-state index contributed by atoms with van der Waals surface area (Å²) in [5, 5.41) is 3.94. The average Bonchev–Trinajstić information content (AvgIpc) is 2.98. The van der Waals surface area contributed by atoms with Crippen molar-refractivity contribution in [2.75, 3.05) is 6.54 Å². The Morgan fingerprint density at radius 3 is 1.74 bits per heavy atom. The monoisotopic (exact) mass is 515 g/mol. The first kappa shape index (κ1) is 25.5. The number of carbonyl (C=O) groups is 1. The third kappa shape index (κ3) is 6.59. The van der Waals surface area contributed by atoms with Crippen molar-refractivity contribution < 1.29 is 4.79 Å². The lowest BCUT2D eigenvalue weighted by atomic mass is 9.91. The number of amides is 1. The molecule has 0 aliphatic carbocycles. The van der Waals surface area contributed by atoms with Crippen LogP contribution in [0.5, 0.6) is 0 Å². The number of carbonyl (C=O) groups excluding carboxylic acids is 1. The fourth-order valence-corrected chi connectivity index (χ4v) is 4.87. The molecule has 0 aliphatic heterocycles. The van der Waals surface area contributed by atoms with Crippen LogP contribution in [-0.4, -0.2) is 12.5 Å². The van der Waals surface area contributed by atoms with Crippen molar-refractivity contribution in [3.63, 3.8) is 0 Å². The van der Waals surface area contributed by atoms with Gasteiger partial charge in [-0.3, -0.25) is 4.79 Å². The van der Waals surface area contributed by atoms with Gasteiger partial charge < -0.3 is 5.32 Å². The summed E-state index contributed by atoms with van der Waals surface area (Å²) in [4.78, 5) is 13.2. The molecule has 38 heavy (non-hydrogen) atoms. The molecule has 5 aromatic carbocycles. The third-order valence-electron chi connectivity index (χ3n) is 6.90. The molecule has 0 spiro atoms. The zero-order chi connectivity index (χ0) is 26.2. The number of hydrogen-bond acceptors (Lipinski definition) is 1. The molecule has 0 heterocycles. The highest BCUT2D eigenvalue weighted by Crippen LogP contribution is 2.25. The molecule has 188 valence electrons. The first-order valence-electron chi connectivity index (χ1n) is 13.0. The molecule has 2 nitrogen and oxygen atoms in total. The van der Waals surface area contributed by atoms with Crippen LogP contribution in [0.2, 0.25) is 5.02 Å². The summed E-state index contributed by atoms with van der Waals surface area (Å²) < 4.78 is 0. The van der Waals surface area contributed by atoms with E-state index in [2.05, 4.69) is 72.0 Å². The van der Waals surface area contributed by atoms with E-state index in [1.165, 1.54) is 22.3 Å². The predicted molar refractivity (Wildman–Crippen MR) is 158 cm³/mol. The van der Waals surface area contributed by atoms with Crippen LogP contribution in [0.3, 0.4) is 0 Å². The second-order valence-corrected chi connectivity index (χ2v) is 9.92. The second kappa shape index (κ2) is 12.4. The van der Waals surface area contributed by atoms with Gasteiger partial charge in [0, 0.05) is 23.0 Å². The minimum atomic E-state index is -0.0664. The summed E-state index contributed by atoms with van der Waals surface area (Å²) in [5.74, 6) is 0.0215. The van der Waals surface area contributed by atoms with Crippen molar-refractivity contribution >= 4 is 17.5 Å². The maximum atomic E-state index is 13.2. The highest BCUT2D eigenvalue weighted by molar-refractivity contribution is 6.30. The summed E-state index contributed by atoms with van der Waals surface area (Å²) in [7, 11) is 0. The number of hydrogen-bond donors (Lipinski definition) is 1. The van der Waals surface area contributed by atoms with Gasteiger partial charge in [0.25, 0.3) is 5.91 Å². The third-order valence-corrected chi connectivity index (χ3v) is 7.15. The van der Waals surface area contributed by atoms with Crippen LogP contribution in [0.25, 0.3) is 11.1 Å². The van der Waals surface area contributed by atoms with Gasteiger partial charge in [-0.15, -0.1) is 0 Å². The van der Waals surface area contributed by atoms with Crippen LogP contribution < -0.4 is 5.32 Å². The minimum absolute atomic E-state index is 0.0664. The van der Waals surface area contributed by atoms with E-state index in [4.69, 9.17) is 11.6 Å². The summed E-state index contributed by atoms with van der Waals surface area (Å²) in [6, 6.07) is 45.1. The van der Waals surface area contributed by atoms with Crippen molar-refractivity contribution in [2.45, 2.75) is 18.8 Å². The molecule has 0 radical (unpaired) electrons. The van der Waals surface area contributed by atoms with Gasteiger partial charge in [0.2, 0.25) is 0 Å². The molecule has 5 rings (SSSR count). The highest BCUT2D eigenvalue weighted by Gasteiger charge is 2.16. The van der Waals surface area contributed by atoms with Crippen LogP contribution in [0.4, 0.5) is 0 Å². The molecule has 0 atom stereocenters. The van der Waals surface area contributed by atoms with Gasteiger partial charge in [-0.1, -0.05) is 121 Å². The molecule has 5 aromatic rings. The Hall–Kier alpha value is -4.14. The van der Waals surface area contributed by atoms with Crippen molar-refractivity contribution in [1.82, 2.24) is 5.32 Å². The highest BCUT2D eigenvalue weighted by atomic mass is 35.5. The summed E-state index contributed by atoms with van der Waals surface area (Å²) in [6.45, 7) is 0.527. The van der Waals surface area contributed by atoms with E-state index in [9.17, 15) is 4.79 Å². The first-order valence-corrected chi connectivity index (χ1v) is 13.4. The number of rotatable bonds is 9. The minimum Gasteiger partial charge on any atom is -0.351 e. The maximum Gasteiger partial charge on any atom is 0.251 e. The molecule has 0 saturated heterocycles. The van der Waals surface area contributed by atoms with Gasteiger partial charge in [0.1, 0.15) is 0 Å². The van der Waals surface area contributed by atoms with E-state index < -0.39 is 0 Å². The van der Waals surface area contributed by atoms with Gasteiger partial charge in [-0.05, 0) is 70.5 Å². The fraction of sp³-hybridized carbons (Fsp3) is 0.114. The second-order valence-electron chi connectivity index (χ2n) is 9.49. The maximum absolute atomic E-state index is 13.2. The quantitative estimate of drug-likeness (QED) is 0.210. The summed E-state index contributed by atoms with van der Waals surface area (Å²) >= 11 is 5.99. The first-order chi connectivity index (χ1) is 18.7. The Bertz CT molecular complexity index is 1420. The zero-order valence-corrected chi connectivity index (χ0v) is 21.9. The van der Waals surface area contributed by atoms with E-state index in [1.54, 1.807) is 0 Å². The van der Waals surface area contributed by atoms with Crippen molar-refractivity contribution in [2.24, 2.45) is 0 Å². The standard InChI is InChI=1S/C35H30ClNO/c36-33-22-18-27(19-23-33)15-14-26-16-20-28(21-17-26)31-12-7-13-32(24-31)35(38)37-25-34(29-8-3-1-4-9-29)30-10-5-2-6-11-30/h1-13,16-24,34H,14-15,25H2,(H,37,38). The van der Waals surface area contributed by atoms with Crippen molar-refractivity contribution in [3.8, 4) is 11.1 Å². The Morgan fingerprint density at radius 1 is 0.605 bits per heavy atom. The molecule has 0 unspecified atom stereocenters. The Kier molecular flexibility index (Phi) is 8.32. The lowest BCUT2D eigenvalue weighted by Crippen LogP contribution is -2.29. The number of aryl methyl sites for hydroxylation is 2. The van der Waals surface area contributed by atoms with E-state index in [-0.39, 0.29) is 11.8 Å². The van der Waals surface area contributed by atoms with Crippen LogP contribution >= 0.6 is 11.6 Å². The Balaban J connectivity index is 1.25. The Labute approximate surface area is 229 Å². The number of benzene rings is 5. The number of halogens is 1. The topological polar surface area (TPSA) is 29.1 Å². The smallest absolute Gasteiger partial charge is 0.251 e. The SMILES string of the molecule is O=C(NCC(c1ccccc1)c1ccccc1)c1cccc(-c2ccc(CCc3ccc(Cl)cc3)cc2)c1. The number of nitrogens with one attached hydrogen (secondary N) is 1. The van der Waals surface area contributed by atoms with E-state index in [0.29, 0.717) is 12.1 Å². The molecule has 1 amide bonds. The molecule has 0 saturated carbocycles. The lowest BCUT2D eigenvalue weighted by Gasteiger charge is -2.19. The lowest BCUT2D eigenvalue weighted by molar-refractivity contribution is 0.0952. The Morgan fingerprint density at radius 2 is 1.16 bits per heavy atom. The normalized spacial score (nSPS) is 10.9. The molecule has 0 aromatic heterocycles. The van der Waals surface area contributed by atoms with Gasteiger partial charge in [0.15, 0.2) is 0 Å². The van der Waals surface area contributed by atoms with E-state index >= 15 is 0 Å². The average molecular weight is 516 g/mol. The van der Waals surface area contributed by atoms with Crippen molar-refractivity contribution in [3.05, 3.63) is 166 Å². The summed E-state index contributed by atoms with van der Waals surface area (Å²) in [6.07, 6.45) is 1.94. The predicted octanol–water partition coefficient (Wildman–Crippen LogP) is 8.35. The van der Waals surface area contributed by atoms with Gasteiger partial charge in [-0.25, -0.2) is 0 Å². The van der Waals surface area contributed by atoms with Gasteiger partial charge in [-0.2, -0.15) is 0 Å². The molecule has 3 heteroatoms. The van der Waals surface area contributed by atoms with Crippen LogP contribution in [0, 0.1) is 0 Å². The molecular formula is C35H30ClNO. The van der Waals surface area contributed by atoms with Crippen LogP contribution in [0.15, 0.2) is 133 Å². The molecule has 0 aliphatic rings. The van der Waals surface area contributed by atoms with Crippen molar-refractivity contribution in [1.29, 1.82) is 0 Å². The zero-order valence-electron chi connectivity index (χ0n) is 21.2. The van der Waals surface area contributed by atoms with Crippen LogP contribution in [0.1, 0.15) is 38.5 Å². The van der Waals surface area contributed by atoms with E-state index in [0.717, 1.165) is 29.0 Å². The molecular weight excluding hydrogens is 486 g/mol. The van der Waals surface area contributed by atoms with Gasteiger partial charge in [0.05, 0.1) is 0 Å². The molecule has 0 fully saturated rings. The largest absolute Gasteiger partial charge is 0.351 e. The summed E-state index contributed by atoms with van der Waals surface area (Å²) in [5.41, 5.74) is 7.72.